The van der Waals surface area contributed by atoms with Gasteiger partial charge in [0.05, 0.1) is 4.47 Å². The highest BCUT2D eigenvalue weighted by atomic mass is 79.9. The molecule has 202 valence electrons. The first kappa shape index (κ1) is 29.9. The van der Waals surface area contributed by atoms with Crippen molar-refractivity contribution in [2.45, 2.75) is 58.5 Å². The molecule has 0 spiro atoms. The number of carbonyl (C=O) groups excluding carboxylic acids is 2. The summed E-state index contributed by atoms with van der Waals surface area (Å²) >= 11 is 7.06. The van der Waals surface area contributed by atoms with Gasteiger partial charge >= 0.3 is 0 Å². The standard InChI is InChI=1S/C31H36Br2N2O3/c1-5-17-34-30(37)27(18-22-9-7-6-8-10-22)35(20-23-11-14-25(32)15-12-23)29(36)21-38-28-16-13-24(19-26(28)33)31(2,3)4/h6-16,19,27H,5,17-18,20-21H2,1-4H3,(H,34,37)/t27-/m0/s1. The van der Waals surface area contributed by atoms with Crippen molar-refractivity contribution in [1.82, 2.24) is 10.2 Å². The maximum absolute atomic E-state index is 13.7. The van der Waals surface area contributed by atoms with E-state index < -0.39 is 6.04 Å². The van der Waals surface area contributed by atoms with Gasteiger partial charge in [-0.2, -0.15) is 0 Å². The molecule has 0 heterocycles. The number of benzene rings is 3. The van der Waals surface area contributed by atoms with Crippen LogP contribution in [0.25, 0.3) is 0 Å². The molecule has 2 amide bonds. The van der Waals surface area contributed by atoms with E-state index in [-0.39, 0.29) is 30.4 Å². The molecule has 3 rings (SSSR count). The SMILES string of the molecule is CCCNC(=O)[C@H](Cc1ccccc1)N(Cc1ccc(Br)cc1)C(=O)COc1ccc(C(C)(C)C)cc1Br. The number of halogens is 2. The Morgan fingerprint density at radius 1 is 0.947 bits per heavy atom. The van der Waals surface area contributed by atoms with Crippen molar-refractivity contribution in [2.75, 3.05) is 13.2 Å². The fourth-order valence-electron chi connectivity index (χ4n) is 4.01. The molecule has 1 atom stereocenters. The monoisotopic (exact) mass is 642 g/mol. The molecule has 1 N–H and O–H groups in total. The Balaban J connectivity index is 1.89. The number of hydrogen-bond acceptors (Lipinski definition) is 3. The van der Waals surface area contributed by atoms with Gasteiger partial charge in [-0.05, 0) is 68.7 Å². The predicted molar refractivity (Wildman–Crippen MR) is 160 cm³/mol. The molecule has 3 aromatic rings. The van der Waals surface area contributed by atoms with Crippen LogP contribution in [-0.4, -0.2) is 35.9 Å². The lowest BCUT2D eigenvalue weighted by atomic mass is 9.87. The third kappa shape index (κ3) is 8.70. The second-order valence-corrected chi connectivity index (χ2v) is 12.1. The van der Waals surface area contributed by atoms with Gasteiger partial charge in [-0.25, -0.2) is 0 Å². The summed E-state index contributed by atoms with van der Waals surface area (Å²) < 4.78 is 7.73. The summed E-state index contributed by atoms with van der Waals surface area (Å²) in [5.74, 6) is 0.161. The predicted octanol–water partition coefficient (Wildman–Crippen LogP) is 7.05. The lowest BCUT2D eigenvalue weighted by Crippen LogP contribution is -2.51. The summed E-state index contributed by atoms with van der Waals surface area (Å²) in [5.41, 5.74) is 3.07. The molecule has 0 unspecified atom stereocenters. The van der Waals surface area contributed by atoms with Crippen LogP contribution >= 0.6 is 31.9 Å². The minimum atomic E-state index is -0.685. The third-order valence-corrected chi connectivity index (χ3v) is 7.38. The van der Waals surface area contributed by atoms with Crippen LogP contribution in [-0.2, 0) is 28.0 Å². The van der Waals surface area contributed by atoms with Crippen LogP contribution in [0.1, 0.15) is 50.8 Å². The molecule has 38 heavy (non-hydrogen) atoms. The lowest BCUT2D eigenvalue weighted by molar-refractivity contribution is -0.142. The Kier molecular flexibility index (Phi) is 11.0. The highest BCUT2D eigenvalue weighted by molar-refractivity contribution is 9.10. The quantitative estimate of drug-likeness (QED) is 0.244. The smallest absolute Gasteiger partial charge is 0.261 e. The molecule has 5 nitrogen and oxygen atoms in total. The largest absolute Gasteiger partial charge is 0.483 e. The Morgan fingerprint density at radius 2 is 1.63 bits per heavy atom. The van der Waals surface area contributed by atoms with E-state index in [1.807, 2.05) is 79.7 Å². The van der Waals surface area contributed by atoms with Crippen LogP contribution in [0.4, 0.5) is 0 Å². The molecule has 0 saturated heterocycles. The molecule has 0 aliphatic carbocycles. The van der Waals surface area contributed by atoms with Gasteiger partial charge < -0.3 is 15.0 Å². The summed E-state index contributed by atoms with van der Waals surface area (Å²) in [6, 6.07) is 22.8. The Bertz CT molecular complexity index is 1210. The lowest BCUT2D eigenvalue weighted by Gasteiger charge is -2.31. The van der Waals surface area contributed by atoms with E-state index in [1.54, 1.807) is 4.90 Å². The number of ether oxygens (including phenoxy) is 1. The zero-order chi connectivity index (χ0) is 27.7. The van der Waals surface area contributed by atoms with Crippen molar-refractivity contribution >= 4 is 43.7 Å². The van der Waals surface area contributed by atoms with Crippen LogP contribution in [0.15, 0.2) is 81.7 Å². The summed E-state index contributed by atoms with van der Waals surface area (Å²) in [7, 11) is 0. The van der Waals surface area contributed by atoms with Gasteiger partial charge in [-0.15, -0.1) is 0 Å². The number of nitrogens with zero attached hydrogens (tertiary/aromatic N) is 1. The van der Waals surface area contributed by atoms with Crippen LogP contribution in [0, 0.1) is 0 Å². The number of hydrogen-bond donors (Lipinski definition) is 1. The van der Waals surface area contributed by atoms with E-state index >= 15 is 0 Å². The molecule has 0 saturated carbocycles. The maximum Gasteiger partial charge on any atom is 0.261 e. The summed E-state index contributed by atoms with van der Waals surface area (Å²) in [6.45, 7) is 9.11. The first-order valence-corrected chi connectivity index (χ1v) is 14.5. The van der Waals surface area contributed by atoms with Crippen molar-refractivity contribution in [3.05, 3.63) is 98.4 Å². The number of carbonyl (C=O) groups is 2. The maximum atomic E-state index is 13.7. The van der Waals surface area contributed by atoms with E-state index in [9.17, 15) is 9.59 Å². The summed E-state index contributed by atoms with van der Waals surface area (Å²) in [6.07, 6.45) is 1.22. The van der Waals surface area contributed by atoms with Crippen LogP contribution in [0.3, 0.4) is 0 Å². The topological polar surface area (TPSA) is 58.6 Å². The second kappa shape index (κ2) is 13.9. The highest BCUT2D eigenvalue weighted by Crippen LogP contribution is 2.31. The summed E-state index contributed by atoms with van der Waals surface area (Å²) in [5, 5.41) is 3.00. The highest BCUT2D eigenvalue weighted by Gasteiger charge is 2.30. The molecule has 0 aromatic heterocycles. The average molecular weight is 644 g/mol. The van der Waals surface area contributed by atoms with Crippen molar-refractivity contribution in [2.24, 2.45) is 0 Å². The Labute approximate surface area is 243 Å². The Hall–Kier alpha value is -2.64. The average Bonchev–Trinajstić information content (AvgIpc) is 2.89. The van der Waals surface area contributed by atoms with E-state index in [1.165, 1.54) is 0 Å². The van der Waals surface area contributed by atoms with Crippen LogP contribution in [0.5, 0.6) is 5.75 Å². The van der Waals surface area contributed by atoms with Gasteiger partial charge in [0.1, 0.15) is 11.8 Å². The van der Waals surface area contributed by atoms with E-state index in [2.05, 4.69) is 57.9 Å². The molecule has 7 heteroatoms. The van der Waals surface area contributed by atoms with Gasteiger partial charge in [0.15, 0.2) is 6.61 Å². The number of rotatable bonds is 11. The van der Waals surface area contributed by atoms with E-state index in [0.29, 0.717) is 18.7 Å². The number of nitrogens with one attached hydrogen (secondary N) is 1. The fraction of sp³-hybridized carbons (Fsp3) is 0.355. The normalized spacial score (nSPS) is 12.1. The molecule has 3 aromatic carbocycles. The molecular formula is C31H36Br2N2O3. The van der Waals surface area contributed by atoms with Crippen molar-refractivity contribution in [3.8, 4) is 5.75 Å². The molecule has 0 aliphatic heterocycles. The number of amides is 2. The second-order valence-electron chi connectivity index (χ2n) is 10.3. The first-order valence-electron chi connectivity index (χ1n) is 12.9. The molecular weight excluding hydrogens is 608 g/mol. The van der Waals surface area contributed by atoms with Crippen LogP contribution in [0.2, 0.25) is 0 Å². The van der Waals surface area contributed by atoms with Crippen molar-refractivity contribution in [3.63, 3.8) is 0 Å². The van der Waals surface area contributed by atoms with Gasteiger partial charge in [-0.3, -0.25) is 9.59 Å². The van der Waals surface area contributed by atoms with Gasteiger partial charge in [0.25, 0.3) is 5.91 Å². The van der Waals surface area contributed by atoms with Crippen molar-refractivity contribution in [1.29, 1.82) is 0 Å². The van der Waals surface area contributed by atoms with Gasteiger partial charge in [0, 0.05) is 24.0 Å². The fourth-order valence-corrected chi connectivity index (χ4v) is 4.77. The van der Waals surface area contributed by atoms with Crippen molar-refractivity contribution < 1.29 is 14.3 Å². The van der Waals surface area contributed by atoms with E-state index in [0.717, 1.165) is 32.1 Å². The minimum Gasteiger partial charge on any atom is -0.483 e. The zero-order valence-electron chi connectivity index (χ0n) is 22.5. The third-order valence-electron chi connectivity index (χ3n) is 6.24. The zero-order valence-corrected chi connectivity index (χ0v) is 25.6. The van der Waals surface area contributed by atoms with Gasteiger partial charge in [0.2, 0.25) is 5.91 Å². The van der Waals surface area contributed by atoms with Crippen LogP contribution < -0.4 is 10.1 Å². The molecule has 0 fully saturated rings. The van der Waals surface area contributed by atoms with Gasteiger partial charge in [-0.1, -0.05) is 92.2 Å². The Morgan fingerprint density at radius 3 is 2.24 bits per heavy atom. The first-order chi connectivity index (χ1) is 18.1. The summed E-state index contributed by atoms with van der Waals surface area (Å²) in [4.78, 5) is 28.8. The molecule has 0 aliphatic rings. The molecule has 0 bridgehead atoms. The minimum absolute atomic E-state index is 0.00510. The molecule has 0 radical (unpaired) electrons. The van der Waals surface area contributed by atoms with E-state index in [4.69, 9.17) is 4.74 Å².